The number of rotatable bonds is 0. The summed E-state index contributed by atoms with van der Waals surface area (Å²) in [5.41, 5.74) is 1.67. The molecule has 0 aliphatic carbocycles. The molecule has 0 bridgehead atoms. The van der Waals surface area contributed by atoms with E-state index in [1.54, 1.807) is 6.07 Å². The van der Waals surface area contributed by atoms with Crippen LogP contribution in [-0.4, -0.2) is 12.9 Å². The molecule has 0 amide bonds. The molecule has 0 aromatic heterocycles. The first-order chi connectivity index (χ1) is 7.57. The molecular formula is C11H10F2O3. The third-order valence-corrected chi connectivity index (χ3v) is 2.85. The quantitative estimate of drug-likeness (QED) is 0.683. The van der Waals surface area contributed by atoms with Crippen molar-refractivity contribution in [1.82, 2.24) is 0 Å². The van der Waals surface area contributed by atoms with Crippen LogP contribution in [0.3, 0.4) is 0 Å². The Morgan fingerprint density at radius 3 is 2.94 bits per heavy atom. The fourth-order valence-corrected chi connectivity index (χ4v) is 2.17. The average molecular weight is 228 g/mol. The van der Waals surface area contributed by atoms with Crippen LogP contribution < -0.4 is 9.47 Å². The predicted octanol–water partition coefficient (Wildman–Crippen LogP) is 2.64. The van der Waals surface area contributed by atoms with Crippen LogP contribution in [0.5, 0.6) is 11.5 Å². The Labute approximate surface area is 90.9 Å². The van der Waals surface area contributed by atoms with E-state index < -0.39 is 6.29 Å². The molecule has 3 rings (SSSR count). The Kier molecular flexibility index (Phi) is 1.89. The number of ether oxygens (including phenoxy) is 3. The lowest BCUT2D eigenvalue weighted by atomic mass is 9.97. The summed E-state index contributed by atoms with van der Waals surface area (Å²) in [4.78, 5) is 0. The zero-order chi connectivity index (χ0) is 11.3. The van der Waals surface area contributed by atoms with Crippen LogP contribution in [0.25, 0.3) is 0 Å². The highest BCUT2D eigenvalue weighted by Crippen LogP contribution is 2.48. The summed E-state index contributed by atoms with van der Waals surface area (Å²) in [5, 5.41) is 0. The minimum Gasteiger partial charge on any atom is -0.395 e. The van der Waals surface area contributed by atoms with Crippen LogP contribution in [0.1, 0.15) is 24.2 Å². The summed E-state index contributed by atoms with van der Waals surface area (Å²) in [5.74, 6) is 0.204. The molecule has 0 saturated heterocycles. The van der Waals surface area contributed by atoms with Gasteiger partial charge in [-0.15, -0.1) is 8.78 Å². The third-order valence-electron chi connectivity index (χ3n) is 2.85. The van der Waals surface area contributed by atoms with Gasteiger partial charge < -0.3 is 14.2 Å². The van der Waals surface area contributed by atoms with Crippen molar-refractivity contribution in [2.45, 2.75) is 25.7 Å². The Morgan fingerprint density at radius 1 is 1.31 bits per heavy atom. The second-order valence-electron chi connectivity index (χ2n) is 3.90. The molecule has 2 aliphatic heterocycles. The van der Waals surface area contributed by atoms with Gasteiger partial charge in [0.1, 0.15) is 0 Å². The minimum absolute atomic E-state index is 0.0844. The van der Waals surface area contributed by atoms with Crippen LogP contribution in [0.4, 0.5) is 8.78 Å². The summed E-state index contributed by atoms with van der Waals surface area (Å²) < 4.78 is 40.2. The topological polar surface area (TPSA) is 27.7 Å². The van der Waals surface area contributed by atoms with E-state index in [0.717, 1.165) is 5.56 Å². The third kappa shape index (κ3) is 1.35. The number of fused-ring (bicyclic) bond motifs is 3. The molecule has 1 aromatic rings. The zero-order valence-electron chi connectivity index (χ0n) is 8.63. The summed E-state index contributed by atoms with van der Waals surface area (Å²) >= 11 is 0. The molecule has 0 fully saturated rings. The van der Waals surface area contributed by atoms with Gasteiger partial charge in [-0.2, -0.15) is 0 Å². The van der Waals surface area contributed by atoms with E-state index in [2.05, 4.69) is 9.47 Å². The Morgan fingerprint density at radius 2 is 2.12 bits per heavy atom. The number of benzene rings is 1. The standard InChI is InChI=1S/C11H10F2O3/c1-6-9-7(4-5-14-6)2-3-8-10(9)16-11(12,13)15-8/h2-3,6H,4-5H2,1H3. The van der Waals surface area contributed by atoms with Crippen LogP contribution >= 0.6 is 0 Å². The molecule has 2 aliphatic rings. The van der Waals surface area contributed by atoms with Crippen molar-refractivity contribution in [3.63, 3.8) is 0 Å². The molecule has 2 heterocycles. The van der Waals surface area contributed by atoms with Crippen molar-refractivity contribution in [3.05, 3.63) is 23.3 Å². The van der Waals surface area contributed by atoms with Gasteiger partial charge in [-0.25, -0.2) is 0 Å². The molecule has 0 saturated carbocycles. The van der Waals surface area contributed by atoms with E-state index in [0.29, 0.717) is 18.6 Å². The van der Waals surface area contributed by atoms with Gasteiger partial charge in [0.25, 0.3) is 0 Å². The van der Waals surface area contributed by atoms with Crippen molar-refractivity contribution in [3.8, 4) is 11.5 Å². The smallest absolute Gasteiger partial charge is 0.395 e. The Hall–Kier alpha value is -1.36. The first kappa shape index (κ1) is 9.84. The first-order valence-electron chi connectivity index (χ1n) is 5.10. The van der Waals surface area contributed by atoms with E-state index >= 15 is 0 Å². The largest absolute Gasteiger partial charge is 0.586 e. The van der Waals surface area contributed by atoms with Gasteiger partial charge in [0.05, 0.1) is 12.7 Å². The fraction of sp³-hybridized carbons (Fsp3) is 0.455. The maximum absolute atomic E-state index is 12.9. The minimum atomic E-state index is -3.56. The molecule has 16 heavy (non-hydrogen) atoms. The molecule has 86 valence electrons. The molecule has 0 N–H and O–H groups in total. The summed E-state index contributed by atoms with van der Waals surface area (Å²) in [6.45, 7) is 2.42. The fourth-order valence-electron chi connectivity index (χ4n) is 2.17. The van der Waals surface area contributed by atoms with Crippen molar-refractivity contribution in [2.24, 2.45) is 0 Å². The van der Waals surface area contributed by atoms with Crippen molar-refractivity contribution in [2.75, 3.05) is 6.61 Å². The van der Waals surface area contributed by atoms with Gasteiger partial charge in [-0.05, 0) is 25.0 Å². The second kappa shape index (κ2) is 3.07. The highest BCUT2D eigenvalue weighted by Gasteiger charge is 2.45. The van der Waals surface area contributed by atoms with Crippen LogP contribution in [0, 0.1) is 0 Å². The molecule has 3 nitrogen and oxygen atoms in total. The molecule has 1 atom stereocenters. The first-order valence-corrected chi connectivity index (χ1v) is 5.10. The van der Waals surface area contributed by atoms with Crippen LogP contribution in [0.2, 0.25) is 0 Å². The van der Waals surface area contributed by atoms with Crippen LogP contribution in [0.15, 0.2) is 12.1 Å². The lowest BCUT2D eigenvalue weighted by Crippen LogP contribution is -2.26. The van der Waals surface area contributed by atoms with Gasteiger partial charge >= 0.3 is 6.29 Å². The summed E-state index contributed by atoms with van der Waals surface area (Å²) in [7, 11) is 0. The van der Waals surface area contributed by atoms with Gasteiger partial charge in [-0.3, -0.25) is 0 Å². The molecule has 1 aromatic carbocycles. The lowest BCUT2D eigenvalue weighted by Gasteiger charge is -2.23. The second-order valence-corrected chi connectivity index (χ2v) is 3.90. The normalized spacial score (nSPS) is 25.3. The predicted molar refractivity (Wildman–Crippen MR) is 50.7 cm³/mol. The monoisotopic (exact) mass is 228 g/mol. The Balaban J connectivity index is 2.14. The van der Waals surface area contributed by atoms with Crippen molar-refractivity contribution in [1.29, 1.82) is 0 Å². The zero-order valence-corrected chi connectivity index (χ0v) is 8.63. The molecule has 0 spiro atoms. The SMILES string of the molecule is CC1OCCc2ccc3c(c21)OC(F)(F)O3. The molecule has 0 radical (unpaired) electrons. The maximum Gasteiger partial charge on any atom is 0.586 e. The van der Waals surface area contributed by atoms with Crippen LogP contribution in [-0.2, 0) is 11.2 Å². The molecular weight excluding hydrogens is 218 g/mol. The van der Waals surface area contributed by atoms with E-state index in [4.69, 9.17) is 4.74 Å². The van der Waals surface area contributed by atoms with E-state index in [9.17, 15) is 8.78 Å². The van der Waals surface area contributed by atoms with Crippen molar-refractivity contribution >= 4 is 0 Å². The number of hydrogen-bond acceptors (Lipinski definition) is 3. The van der Waals surface area contributed by atoms with Gasteiger partial charge in [0, 0.05) is 5.56 Å². The van der Waals surface area contributed by atoms with Crippen molar-refractivity contribution < 1.29 is 23.0 Å². The number of hydrogen-bond donors (Lipinski definition) is 0. The van der Waals surface area contributed by atoms with Gasteiger partial charge in [0.2, 0.25) is 0 Å². The molecule has 5 heteroatoms. The Bertz CT molecular complexity index is 445. The number of halogens is 2. The highest BCUT2D eigenvalue weighted by molar-refractivity contribution is 5.54. The molecule has 1 unspecified atom stereocenters. The maximum atomic E-state index is 12.9. The van der Waals surface area contributed by atoms with E-state index in [1.165, 1.54) is 6.07 Å². The average Bonchev–Trinajstić information content (AvgIpc) is 2.52. The van der Waals surface area contributed by atoms with E-state index in [-0.39, 0.29) is 17.6 Å². The van der Waals surface area contributed by atoms with E-state index in [1.807, 2.05) is 6.92 Å². The summed E-state index contributed by atoms with van der Waals surface area (Å²) in [6, 6.07) is 3.31. The number of alkyl halides is 2. The summed E-state index contributed by atoms with van der Waals surface area (Å²) in [6.07, 6.45) is -3.09. The highest BCUT2D eigenvalue weighted by atomic mass is 19.3. The van der Waals surface area contributed by atoms with Gasteiger partial charge in [-0.1, -0.05) is 6.07 Å². The lowest BCUT2D eigenvalue weighted by molar-refractivity contribution is -0.287. The van der Waals surface area contributed by atoms with Gasteiger partial charge in [0.15, 0.2) is 11.5 Å².